The fourth-order valence-electron chi connectivity index (χ4n) is 4.49. The topological polar surface area (TPSA) is 55.5 Å². The number of hydrogen-bond acceptors (Lipinski definition) is 3. The summed E-state index contributed by atoms with van der Waals surface area (Å²) in [5, 5.41) is 7.69. The normalized spacial score (nSPS) is 14.8. The highest BCUT2D eigenvalue weighted by Gasteiger charge is 2.11. The maximum absolute atomic E-state index is 10.9. The molecule has 3 aliphatic rings. The van der Waals surface area contributed by atoms with Crippen LogP contribution >= 0.6 is 11.8 Å². The highest BCUT2D eigenvalue weighted by atomic mass is 32.2. The number of aliphatic imine (C=N–C) groups is 1. The number of nitrogens with zero attached hydrogens (tertiary/aromatic N) is 1. The predicted octanol–water partition coefficient (Wildman–Crippen LogP) is 4.53. The van der Waals surface area contributed by atoms with Gasteiger partial charge in [0.25, 0.3) is 0 Å². The van der Waals surface area contributed by atoms with Gasteiger partial charge in [-0.3, -0.25) is 9.79 Å². The molecule has 2 N–H and O–H groups in total. The fourth-order valence-corrected chi connectivity index (χ4v) is 5.17. The van der Waals surface area contributed by atoms with Crippen LogP contribution in [0.3, 0.4) is 0 Å². The number of carbonyl (C=O) groups is 1. The maximum Gasteiger partial charge on any atom is 0.248 e. The molecule has 6 rings (SSSR count). The Morgan fingerprint density at radius 2 is 1.84 bits per heavy atom. The van der Waals surface area contributed by atoms with Crippen LogP contribution in [0.4, 0.5) is 5.69 Å². The fraction of sp³-hybridized carbons (Fsp3) is 0.143. The van der Waals surface area contributed by atoms with Crippen LogP contribution in [0.15, 0.2) is 76.0 Å². The van der Waals surface area contributed by atoms with Crippen molar-refractivity contribution in [1.29, 1.82) is 0 Å². The van der Waals surface area contributed by atoms with E-state index in [2.05, 4.69) is 53.5 Å². The molecule has 3 aromatic carbocycles. The smallest absolute Gasteiger partial charge is 0.248 e. The largest absolute Gasteiger partial charge is 0.366 e. The number of fused-ring (bicyclic) bond motifs is 5. The first-order valence-electron chi connectivity index (χ1n) is 10.9. The number of hydrogen-bond donors (Lipinski definition) is 1. The van der Waals surface area contributed by atoms with E-state index >= 15 is 0 Å². The average Bonchev–Trinajstić information content (AvgIpc) is 3.09. The van der Waals surface area contributed by atoms with E-state index in [0.29, 0.717) is 5.56 Å². The SMILES string of the molecule is C1=c2ccc3c(c2CCC1)CC=c1ccccc1=3.NC(=O)c1ccc2c(c1)N=CC=CS2. The third-order valence-electron chi connectivity index (χ3n) is 6.06. The van der Waals surface area contributed by atoms with Crippen molar-refractivity contribution in [2.24, 2.45) is 10.7 Å². The first-order chi connectivity index (χ1) is 15.7. The van der Waals surface area contributed by atoms with Crippen LogP contribution in [0.5, 0.6) is 0 Å². The van der Waals surface area contributed by atoms with Crippen molar-refractivity contribution < 1.29 is 4.79 Å². The minimum absolute atomic E-state index is 0.426. The van der Waals surface area contributed by atoms with Gasteiger partial charge in [-0.1, -0.05) is 60.3 Å². The molecule has 1 aliphatic heterocycles. The molecule has 3 nitrogen and oxygen atoms in total. The average molecular weight is 437 g/mol. The molecule has 32 heavy (non-hydrogen) atoms. The lowest BCUT2D eigenvalue weighted by Crippen LogP contribution is -2.19. The summed E-state index contributed by atoms with van der Waals surface area (Å²) >= 11 is 1.57. The quantitative estimate of drug-likeness (QED) is 0.609. The standard InChI is InChI=1S/C18H16.C10H8N2OS/c1-3-7-15-13(5-1)9-11-18-16-8-4-2-6-14(16)10-12-17(15)18;11-10(13)7-2-3-9-8(6-7)12-4-1-5-14-9/h1,3,5-7,9-10,12H,2,4,8,11H2;1-6H,(H2,11,13). The highest BCUT2D eigenvalue weighted by molar-refractivity contribution is 8.02. The van der Waals surface area contributed by atoms with Crippen molar-refractivity contribution in [3.63, 3.8) is 0 Å². The van der Waals surface area contributed by atoms with Crippen molar-refractivity contribution in [3.05, 3.63) is 104 Å². The lowest BCUT2D eigenvalue weighted by Gasteiger charge is -2.16. The van der Waals surface area contributed by atoms with E-state index in [4.69, 9.17) is 5.73 Å². The van der Waals surface area contributed by atoms with Gasteiger partial charge in [0.2, 0.25) is 5.91 Å². The molecule has 0 fully saturated rings. The molecule has 3 aromatic rings. The Morgan fingerprint density at radius 3 is 2.75 bits per heavy atom. The Morgan fingerprint density at radius 1 is 0.938 bits per heavy atom. The van der Waals surface area contributed by atoms with Crippen molar-refractivity contribution in [2.45, 2.75) is 30.6 Å². The Labute approximate surface area is 191 Å². The lowest BCUT2D eigenvalue weighted by molar-refractivity contribution is 0.1000. The maximum atomic E-state index is 10.9. The van der Waals surface area contributed by atoms with Crippen molar-refractivity contribution in [3.8, 4) is 0 Å². The Hall–Kier alpha value is -3.37. The second kappa shape index (κ2) is 9.01. The molecular weight excluding hydrogens is 412 g/mol. The van der Waals surface area contributed by atoms with Gasteiger partial charge < -0.3 is 5.73 Å². The molecule has 1 heterocycles. The molecule has 0 saturated heterocycles. The molecule has 1 amide bonds. The van der Waals surface area contributed by atoms with Gasteiger partial charge in [-0.15, -0.1) is 0 Å². The van der Waals surface area contributed by atoms with Crippen LogP contribution < -0.4 is 16.2 Å². The monoisotopic (exact) mass is 436 g/mol. The van der Waals surface area contributed by atoms with Gasteiger partial charge in [0.1, 0.15) is 0 Å². The minimum atomic E-state index is -0.426. The number of benzene rings is 3. The Bertz CT molecular complexity index is 1480. The van der Waals surface area contributed by atoms with Gasteiger partial charge in [0.05, 0.1) is 5.69 Å². The number of carbonyl (C=O) groups excluding carboxylic acids is 1. The van der Waals surface area contributed by atoms with E-state index in [1.165, 1.54) is 40.1 Å². The van der Waals surface area contributed by atoms with Crippen molar-refractivity contribution in [1.82, 2.24) is 0 Å². The Kier molecular flexibility index (Phi) is 5.78. The zero-order valence-corrected chi connectivity index (χ0v) is 18.6. The zero-order chi connectivity index (χ0) is 21.9. The van der Waals surface area contributed by atoms with E-state index < -0.39 is 5.91 Å². The van der Waals surface area contributed by atoms with Gasteiger partial charge in [0.15, 0.2) is 0 Å². The second-order valence-corrected chi connectivity index (χ2v) is 8.97. The first-order valence-corrected chi connectivity index (χ1v) is 11.8. The van der Waals surface area contributed by atoms with E-state index in [0.717, 1.165) is 17.0 Å². The number of rotatable bonds is 1. The molecule has 158 valence electrons. The first kappa shape index (κ1) is 20.5. The Balaban J connectivity index is 0.000000140. The summed E-state index contributed by atoms with van der Waals surface area (Å²) in [7, 11) is 0. The van der Waals surface area contributed by atoms with E-state index in [-0.39, 0.29) is 0 Å². The number of primary amides is 1. The number of thioether (sulfide) groups is 1. The molecule has 0 aromatic heterocycles. The van der Waals surface area contributed by atoms with Crippen LogP contribution in [0.1, 0.15) is 34.3 Å². The molecule has 0 atom stereocenters. The zero-order valence-electron chi connectivity index (χ0n) is 17.8. The predicted molar refractivity (Wildman–Crippen MR) is 133 cm³/mol. The molecule has 0 spiro atoms. The molecule has 4 heteroatoms. The molecule has 0 bridgehead atoms. The van der Waals surface area contributed by atoms with E-state index in [1.807, 2.05) is 17.6 Å². The van der Waals surface area contributed by atoms with Crippen molar-refractivity contribution >= 4 is 41.7 Å². The van der Waals surface area contributed by atoms with Crippen LogP contribution in [0, 0.1) is 10.4 Å². The molecule has 0 radical (unpaired) electrons. The molecule has 0 saturated carbocycles. The van der Waals surface area contributed by atoms with Crippen LogP contribution in [0.25, 0.3) is 12.2 Å². The number of amides is 1. The summed E-state index contributed by atoms with van der Waals surface area (Å²) in [5.74, 6) is -0.426. The van der Waals surface area contributed by atoms with E-state index in [1.54, 1.807) is 41.2 Å². The van der Waals surface area contributed by atoms with Crippen LogP contribution in [-0.4, -0.2) is 12.1 Å². The number of allylic oxidation sites excluding steroid dienone is 1. The summed E-state index contributed by atoms with van der Waals surface area (Å²) in [6.07, 6.45) is 13.2. The van der Waals surface area contributed by atoms with Crippen LogP contribution in [0.2, 0.25) is 0 Å². The second-order valence-electron chi connectivity index (χ2n) is 8.02. The molecule has 2 aliphatic carbocycles. The molecular formula is C28H24N2OS. The summed E-state index contributed by atoms with van der Waals surface area (Å²) in [5.41, 5.74) is 9.62. The van der Waals surface area contributed by atoms with Gasteiger partial charge >= 0.3 is 0 Å². The van der Waals surface area contributed by atoms with Gasteiger partial charge in [-0.05, 0) is 87.4 Å². The van der Waals surface area contributed by atoms with Gasteiger partial charge in [0, 0.05) is 16.7 Å². The lowest BCUT2D eigenvalue weighted by atomic mass is 9.89. The number of nitrogens with two attached hydrogens (primary N) is 1. The summed E-state index contributed by atoms with van der Waals surface area (Å²) in [6, 6.07) is 18.7. The summed E-state index contributed by atoms with van der Waals surface area (Å²) in [6.45, 7) is 0. The third kappa shape index (κ3) is 4.06. The van der Waals surface area contributed by atoms with Crippen molar-refractivity contribution in [2.75, 3.05) is 0 Å². The summed E-state index contributed by atoms with van der Waals surface area (Å²) in [4.78, 5) is 16.1. The molecule has 0 unspecified atom stereocenters. The highest BCUT2D eigenvalue weighted by Crippen LogP contribution is 2.32. The van der Waals surface area contributed by atoms with Gasteiger partial charge in [-0.2, -0.15) is 0 Å². The third-order valence-corrected chi connectivity index (χ3v) is 6.95. The van der Waals surface area contributed by atoms with E-state index in [9.17, 15) is 4.79 Å². The minimum Gasteiger partial charge on any atom is -0.366 e. The van der Waals surface area contributed by atoms with Crippen LogP contribution in [-0.2, 0) is 12.8 Å². The van der Waals surface area contributed by atoms with Gasteiger partial charge in [-0.25, -0.2) is 0 Å². The summed E-state index contributed by atoms with van der Waals surface area (Å²) < 4.78 is 0.